The number of carboxylic acids is 1. The number of aromatic carboxylic acids is 1. The van der Waals surface area contributed by atoms with Crippen molar-refractivity contribution in [3.63, 3.8) is 0 Å². The molecule has 0 saturated heterocycles. The number of aromatic nitrogens is 3. The topological polar surface area (TPSA) is 91.8 Å². The Bertz CT molecular complexity index is 645. The van der Waals surface area contributed by atoms with Crippen molar-refractivity contribution in [2.24, 2.45) is 0 Å². The van der Waals surface area contributed by atoms with Crippen LogP contribution in [0.2, 0.25) is 0 Å². The van der Waals surface area contributed by atoms with Crippen LogP contribution in [-0.2, 0) is 6.54 Å². The molecule has 0 aliphatic carbocycles. The molecule has 0 unspecified atom stereocenters. The van der Waals surface area contributed by atoms with E-state index in [2.05, 4.69) is 26.2 Å². The number of carboxylic acid groups (broad SMARTS) is 1. The first-order chi connectivity index (χ1) is 8.65. The van der Waals surface area contributed by atoms with Gasteiger partial charge in [0.2, 0.25) is 0 Å². The van der Waals surface area contributed by atoms with E-state index in [1.165, 1.54) is 4.68 Å². The molecule has 0 radical (unpaired) electrons. The molecule has 0 fully saturated rings. The van der Waals surface area contributed by atoms with Gasteiger partial charge < -0.3 is 5.11 Å². The van der Waals surface area contributed by atoms with Crippen molar-refractivity contribution < 1.29 is 9.90 Å². The van der Waals surface area contributed by atoms with Crippen molar-refractivity contribution in [1.29, 1.82) is 5.26 Å². The standard InChI is InChI=1S/C11H7BrN4O2/c12-8-4-2-1-3-7(8)10-9(11(17)18)14-15-16(10)6-5-13/h1-4H,6H2,(H,17,18). The fraction of sp³-hybridized carbons (Fsp3) is 0.0909. The summed E-state index contributed by atoms with van der Waals surface area (Å²) in [5.41, 5.74) is 0.781. The summed E-state index contributed by atoms with van der Waals surface area (Å²) < 4.78 is 1.98. The number of rotatable bonds is 3. The molecule has 0 atom stereocenters. The van der Waals surface area contributed by atoms with E-state index < -0.39 is 5.97 Å². The lowest BCUT2D eigenvalue weighted by Gasteiger charge is -2.05. The van der Waals surface area contributed by atoms with Gasteiger partial charge in [-0.3, -0.25) is 0 Å². The third kappa shape index (κ3) is 2.10. The van der Waals surface area contributed by atoms with Crippen LogP contribution in [-0.4, -0.2) is 26.1 Å². The highest BCUT2D eigenvalue weighted by atomic mass is 79.9. The van der Waals surface area contributed by atoms with E-state index in [-0.39, 0.29) is 12.2 Å². The summed E-state index contributed by atoms with van der Waals surface area (Å²) in [6.45, 7) is -0.0586. The normalized spacial score (nSPS) is 10.0. The third-order valence-corrected chi connectivity index (χ3v) is 2.98. The fourth-order valence-corrected chi connectivity index (χ4v) is 2.03. The van der Waals surface area contributed by atoms with Crippen molar-refractivity contribution in [1.82, 2.24) is 15.0 Å². The summed E-state index contributed by atoms with van der Waals surface area (Å²) >= 11 is 3.34. The van der Waals surface area contributed by atoms with Gasteiger partial charge in [0, 0.05) is 10.0 Å². The molecule has 0 amide bonds. The van der Waals surface area contributed by atoms with E-state index in [0.717, 1.165) is 0 Å². The monoisotopic (exact) mass is 306 g/mol. The van der Waals surface area contributed by atoms with Gasteiger partial charge in [0.15, 0.2) is 5.69 Å². The van der Waals surface area contributed by atoms with Gasteiger partial charge in [-0.05, 0) is 6.07 Å². The van der Waals surface area contributed by atoms with Crippen molar-refractivity contribution in [3.8, 4) is 17.3 Å². The number of nitriles is 1. The molecular formula is C11H7BrN4O2. The second-order valence-electron chi connectivity index (χ2n) is 3.39. The highest BCUT2D eigenvalue weighted by molar-refractivity contribution is 9.10. The average molecular weight is 307 g/mol. The molecule has 0 aliphatic rings. The number of hydrogen-bond donors (Lipinski definition) is 1. The van der Waals surface area contributed by atoms with Crippen molar-refractivity contribution in [2.75, 3.05) is 0 Å². The Morgan fingerprint density at radius 3 is 2.83 bits per heavy atom. The third-order valence-electron chi connectivity index (χ3n) is 2.29. The van der Waals surface area contributed by atoms with Gasteiger partial charge >= 0.3 is 5.97 Å². The smallest absolute Gasteiger partial charge is 0.358 e. The van der Waals surface area contributed by atoms with E-state index >= 15 is 0 Å². The molecule has 0 aliphatic heterocycles. The largest absolute Gasteiger partial charge is 0.476 e. The van der Waals surface area contributed by atoms with Crippen LogP contribution in [0.1, 0.15) is 10.5 Å². The van der Waals surface area contributed by atoms with Crippen LogP contribution in [0.15, 0.2) is 28.7 Å². The van der Waals surface area contributed by atoms with Crippen molar-refractivity contribution in [3.05, 3.63) is 34.4 Å². The molecule has 0 saturated carbocycles. The van der Waals surface area contributed by atoms with E-state index in [1.807, 2.05) is 12.1 Å². The molecule has 2 aromatic rings. The molecule has 18 heavy (non-hydrogen) atoms. The van der Waals surface area contributed by atoms with Crippen LogP contribution in [0.25, 0.3) is 11.3 Å². The Morgan fingerprint density at radius 2 is 2.22 bits per heavy atom. The second-order valence-corrected chi connectivity index (χ2v) is 4.24. The zero-order valence-electron chi connectivity index (χ0n) is 9.04. The Hall–Kier alpha value is -2.20. The van der Waals surface area contributed by atoms with E-state index in [0.29, 0.717) is 15.7 Å². The lowest BCUT2D eigenvalue weighted by Crippen LogP contribution is -2.04. The number of benzene rings is 1. The minimum Gasteiger partial charge on any atom is -0.476 e. The molecule has 2 rings (SSSR count). The van der Waals surface area contributed by atoms with E-state index in [9.17, 15) is 4.79 Å². The molecule has 90 valence electrons. The molecular weight excluding hydrogens is 300 g/mol. The van der Waals surface area contributed by atoms with Crippen LogP contribution in [0.4, 0.5) is 0 Å². The molecule has 6 nitrogen and oxygen atoms in total. The fourth-order valence-electron chi connectivity index (χ4n) is 1.55. The maximum atomic E-state index is 11.1. The Labute approximate surface area is 111 Å². The van der Waals surface area contributed by atoms with E-state index in [4.69, 9.17) is 10.4 Å². The van der Waals surface area contributed by atoms with Gasteiger partial charge in [0.05, 0.1) is 6.07 Å². The molecule has 0 bridgehead atoms. The minimum absolute atomic E-state index is 0.0586. The van der Waals surface area contributed by atoms with Gasteiger partial charge in [0.25, 0.3) is 0 Å². The first-order valence-corrected chi connectivity index (χ1v) is 5.73. The summed E-state index contributed by atoms with van der Waals surface area (Å²) in [5.74, 6) is -1.18. The van der Waals surface area contributed by atoms with Gasteiger partial charge in [0.1, 0.15) is 12.2 Å². The number of hydrogen-bond acceptors (Lipinski definition) is 4. The quantitative estimate of drug-likeness (QED) is 0.935. The SMILES string of the molecule is N#CCn1nnc(C(=O)O)c1-c1ccccc1Br. The number of halogens is 1. The molecule has 1 aromatic carbocycles. The van der Waals surface area contributed by atoms with Gasteiger partial charge in [-0.25, -0.2) is 9.48 Å². The van der Waals surface area contributed by atoms with Crippen LogP contribution >= 0.6 is 15.9 Å². The first-order valence-electron chi connectivity index (χ1n) is 4.93. The van der Waals surface area contributed by atoms with E-state index in [1.54, 1.807) is 18.2 Å². The predicted octanol–water partition coefficient (Wildman–Crippen LogP) is 1.93. The molecule has 7 heteroatoms. The Balaban J connectivity index is 2.68. The van der Waals surface area contributed by atoms with Crippen molar-refractivity contribution >= 4 is 21.9 Å². The van der Waals surface area contributed by atoms with Crippen LogP contribution in [0.3, 0.4) is 0 Å². The zero-order valence-corrected chi connectivity index (χ0v) is 10.6. The molecule has 0 spiro atoms. The summed E-state index contributed by atoms with van der Waals surface area (Å²) in [6.07, 6.45) is 0. The Morgan fingerprint density at radius 1 is 1.50 bits per heavy atom. The highest BCUT2D eigenvalue weighted by Crippen LogP contribution is 2.29. The van der Waals surface area contributed by atoms with Crippen LogP contribution in [0.5, 0.6) is 0 Å². The average Bonchev–Trinajstić information content (AvgIpc) is 2.74. The molecule has 1 heterocycles. The van der Waals surface area contributed by atoms with Gasteiger partial charge in [-0.1, -0.05) is 39.3 Å². The predicted molar refractivity (Wildman–Crippen MR) is 65.7 cm³/mol. The van der Waals surface area contributed by atoms with Crippen molar-refractivity contribution in [2.45, 2.75) is 6.54 Å². The maximum absolute atomic E-state index is 11.1. The molecule has 1 aromatic heterocycles. The lowest BCUT2D eigenvalue weighted by molar-refractivity contribution is 0.0691. The van der Waals surface area contributed by atoms with Gasteiger partial charge in [-0.15, -0.1) is 5.10 Å². The van der Waals surface area contributed by atoms with Crippen LogP contribution in [0, 0.1) is 11.3 Å². The number of carbonyl (C=O) groups is 1. The summed E-state index contributed by atoms with van der Waals surface area (Å²) in [7, 11) is 0. The minimum atomic E-state index is -1.18. The highest BCUT2D eigenvalue weighted by Gasteiger charge is 2.21. The second kappa shape index (κ2) is 4.98. The van der Waals surface area contributed by atoms with Gasteiger partial charge in [-0.2, -0.15) is 5.26 Å². The molecule has 1 N–H and O–H groups in total. The number of nitrogens with zero attached hydrogens (tertiary/aromatic N) is 4. The Kier molecular flexibility index (Phi) is 3.39. The zero-order chi connectivity index (χ0) is 13.1. The van der Waals surface area contributed by atoms with Crippen LogP contribution < -0.4 is 0 Å². The lowest BCUT2D eigenvalue weighted by atomic mass is 10.1. The maximum Gasteiger partial charge on any atom is 0.358 e. The summed E-state index contributed by atoms with van der Waals surface area (Å²) in [4.78, 5) is 11.1. The first kappa shape index (κ1) is 12.3. The summed E-state index contributed by atoms with van der Waals surface area (Å²) in [6, 6.07) is 9.02. The summed E-state index contributed by atoms with van der Waals surface area (Å²) in [5, 5.41) is 25.1.